The van der Waals surface area contributed by atoms with Gasteiger partial charge in [-0.2, -0.15) is 0 Å². The molecule has 0 spiro atoms. The van der Waals surface area contributed by atoms with Crippen molar-refractivity contribution in [3.63, 3.8) is 0 Å². The number of carbonyl (C=O) groups excluding carboxylic acids is 1. The number of phenols is 1. The van der Waals surface area contributed by atoms with Gasteiger partial charge in [0, 0.05) is 12.5 Å². The van der Waals surface area contributed by atoms with Crippen LogP contribution in [0.2, 0.25) is 0 Å². The van der Waals surface area contributed by atoms with Crippen LogP contribution in [0.5, 0.6) is 11.5 Å². The fourth-order valence-corrected chi connectivity index (χ4v) is 2.51. The Morgan fingerprint density at radius 2 is 1.85 bits per heavy atom. The number of methoxy groups -OCH3 is 1. The molecular formula is C16H25NO3. The van der Waals surface area contributed by atoms with Crippen molar-refractivity contribution in [1.82, 2.24) is 5.32 Å². The summed E-state index contributed by atoms with van der Waals surface area (Å²) in [5, 5.41) is 12.5. The average Bonchev–Trinajstić information content (AvgIpc) is 2.36. The predicted octanol–water partition coefficient (Wildman–Crippen LogP) is 2.95. The number of aromatic hydroxyl groups is 1. The number of carbonyl (C=O) groups is 1. The van der Waals surface area contributed by atoms with Crippen molar-refractivity contribution in [2.24, 2.45) is 17.8 Å². The summed E-state index contributed by atoms with van der Waals surface area (Å²) < 4.78 is 5.05. The molecule has 112 valence electrons. The van der Waals surface area contributed by atoms with Crippen LogP contribution in [0.3, 0.4) is 0 Å². The number of hydrogen-bond acceptors (Lipinski definition) is 3. The van der Waals surface area contributed by atoms with Crippen molar-refractivity contribution < 1.29 is 14.6 Å². The maximum Gasteiger partial charge on any atom is 0.223 e. The Hall–Kier alpha value is -1.71. The van der Waals surface area contributed by atoms with Gasteiger partial charge in [0.15, 0.2) is 11.5 Å². The number of hydrogen-bond donors (Lipinski definition) is 2. The van der Waals surface area contributed by atoms with Gasteiger partial charge in [0.1, 0.15) is 0 Å². The first-order chi connectivity index (χ1) is 9.36. The topological polar surface area (TPSA) is 58.6 Å². The summed E-state index contributed by atoms with van der Waals surface area (Å²) in [5.74, 6) is 1.22. The number of rotatable bonds is 6. The van der Waals surface area contributed by atoms with Crippen molar-refractivity contribution in [3.05, 3.63) is 23.8 Å². The molecule has 1 aromatic rings. The first-order valence-electron chi connectivity index (χ1n) is 7.00. The number of phenolic OH excluding ortho intramolecular Hbond substituents is 1. The molecule has 0 unspecified atom stereocenters. The molecule has 20 heavy (non-hydrogen) atoms. The van der Waals surface area contributed by atoms with E-state index in [4.69, 9.17) is 4.74 Å². The van der Waals surface area contributed by atoms with E-state index in [1.807, 2.05) is 0 Å². The molecule has 0 aromatic heterocycles. The minimum absolute atomic E-state index is 0.00834. The molecule has 0 bridgehead atoms. The zero-order valence-corrected chi connectivity index (χ0v) is 12.9. The zero-order valence-electron chi connectivity index (χ0n) is 12.9. The molecule has 0 radical (unpaired) electrons. The van der Waals surface area contributed by atoms with Gasteiger partial charge >= 0.3 is 0 Å². The summed E-state index contributed by atoms with van der Waals surface area (Å²) in [7, 11) is 1.50. The summed E-state index contributed by atoms with van der Waals surface area (Å²) in [4.78, 5) is 12.2. The third kappa shape index (κ3) is 4.15. The van der Waals surface area contributed by atoms with Crippen LogP contribution in [0.25, 0.3) is 0 Å². The minimum Gasteiger partial charge on any atom is -0.504 e. The zero-order chi connectivity index (χ0) is 15.3. The van der Waals surface area contributed by atoms with Gasteiger partial charge in [0.2, 0.25) is 5.91 Å². The van der Waals surface area contributed by atoms with Gasteiger partial charge < -0.3 is 15.2 Å². The molecular weight excluding hydrogens is 254 g/mol. The molecule has 0 aliphatic rings. The summed E-state index contributed by atoms with van der Waals surface area (Å²) in [6, 6.07) is 5.08. The van der Waals surface area contributed by atoms with Gasteiger partial charge in [-0.05, 0) is 29.5 Å². The van der Waals surface area contributed by atoms with Crippen molar-refractivity contribution in [3.8, 4) is 11.5 Å². The lowest BCUT2D eigenvalue weighted by Crippen LogP contribution is -2.36. The second-order valence-electron chi connectivity index (χ2n) is 5.74. The van der Waals surface area contributed by atoms with E-state index in [0.717, 1.165) is 5.56 Å². The maximum atomic E-state index is 12.2. The van der Waals surface area contributed by atoms with Crippen LogP contribution in [0.15, 0.2) is 18.2 Å². The van der Waals surface area contributed by atoms with Gasteiger partial charge in [-0.1, -0.05) is 33.8 Å². The van der Waals surface area contributed by atoms with Crippen molar-refractivity contribution in [1.29, 1.82) is 0 Å². The maximum absolute atomic E-state index is 12.2. The van der Waals surface area contributed by atoms with Crippen LogP contribution in [0, 0.1) is 17.8 Å². The highest BCUT2D eigenvalue weighted by Gasteiger charge is 2.25. The Labute approximate surface area is 121 Å². The van der Waals surface area contributed by atoms with E-state index in [0.29, 0.717) is 24.1 Å². The summed E-state index contributed by atoms with van der Waals surface area (Å²) in [6.45, 7) is 8.69. The average molecular weight is 279 g/mol. The van der Waals surface area contributed by atoms with E-state index in [1.54, 1.807) is 18.2 Å². The van der Waals surface area contributed by atoms with Crippen LogP contribution in [-0.2, 0) is 11.3 Å². The molecule has 4 nitrogen and oxygen atoms in total. The van der Waals surface area contributed by atoms with Crippen LogP contribution in [0.1, 0.15) is 33.3 Å². The summed E-state index contributed by atoms with van der Waals surface area (Å²) in [6.07, 6.45) is 0. The Morgan fingerprint density at radius 1 is 1.25 bits per heavy atom. The van der Waals surface area contributed by atoms with Gasteiger partial charge in [-0.15, -0.1) is 0 Å². The van der Waals surface area contributed by atoms with Crippen molar-refractivity contribution in [2.75, 3.05) is 7.11 Å². The lowest BCUT2D eigenvalue weighted by atomic mass is 9.85. The number of nitrogens with one attached hydrogen (secondary N) is 1. The van der Waals surface area contributed by atoms with E-state index in [1.165, 1.54) is 7.11 Å². The van der Waals surface area contributed by atoms with Crippen molar-refractivity contribution >= 4 is 5.91 Å². The SMILES string of the molecule is COc1cc(CNC(=O)C(C(C)C)C(C)C)ccc1O. The van der Waals surface area contributed by atoms with Crippen molar-refractivity contribution in [2.45, 2.75) is 34.2 Å². The Morgan fingerprint density at radius 3 is 2.35 bits per heavy atom. The fraction of sp³-hybridized carbons (Fsp3) is 0.562. The van der Waals surface area contributed by atoms with E-state index in [2.05, 4.69) is 33.0 Å². The third-order valence-electron chi connectivity index (χ3n) is 3.45. The first-order valence-corrected chi connectivity index (χ1v) is 7.00. The molecule has 0 aliphatic heterocycles. The molecule has 1 aromatic carbocycles. The van der Waals surface area contributed by atoms with Crippen LogP contribution < -0.4 is 10.1 Å². The molecule has 1 rings (SSSR count). The molecule has 0 saturated carbocycles. The highest BCUT2D eigenvalue weighted by Crippen LogP contribution is 2.26. The van der Waals surface area contributed by atoms with Crippen LogP contribution >= 0.6 is 0 Å². The summed E-state index contributed by atoms with van der Waals surface area (Å²) in [5.41, 5.74) is 0.902. The van der Waals surface area contributed by atoms with Crippen LogP contribution in [0.4, 0.5) is 0 Å². The number of ether oxygens (including phenoxy) is 1. The molecule has 0 saturated heterocycles. The van der Waals surface area contributed by atoms with Gasteiger partial charge in [-0.3, -0.25) is 4.79 Å². The smallest absolute Gasteiger partial charge is 0.223 e. The second kappa shape index (κ2) is 7.17. The normalized spacial score (nSPS) is 11.2. The number of amides is 1. The highest BCUT2D eigenvalue weighted by atomic mass is 16.5. The Kier molecular flexibility index (Phi) is 5.86. The van der Waals surface area contributed by atoms with Gasteiger partial charge in [0.05, 0.1) is 7.11 Å². The molecule has 0 heterocycles. The Bertz CT molecular complexity index is 447. The molecule has 2 N–H and O–H groups in total. The van der Waals surface area contributed by atoms with E-state index < -0.39 is 0 Å². The minimum atomic E-state index is 0.00834. The predicted molar refractivity (Wildman–Crippen MR) is 79.7 cm³/mol. The quantitative estimate of drug-likeness (QED) is 0.841. The van der Waals surface area contributed by atoms with E-state index >= 15 is 0 Å². The third-order valence-corrected chi connectivity index (χ3v) is 3.45. The second-order valence-corrected chi connectivity index (χ2v) is 5.74. The standard InChI is InChI=1S/C16H25NO3/c1-10(2)15(11(3)4)16(19)17-9-12-6-7-13(18)14(8-12)20-5/h6-8,10-11,15,18H,9H2,1-5H3,(H,17,19). The molecule has 0 fully saturated rings. The van der Waals surface area contributed by atoms with Crippen LogP contribution in [-0.4, -0.2) is 18.1 Å². The largest absolute Gasteiger partial charge is 0.504 e. The molecule has 0 aliphatic carbocycles. The fourth-order valence-electron chi connectivity index (χ4n) is 2.51. The highest BCUT2D eigenvalue weighted by molar-refractivity contribution is 5.79. The Balaban J connectivity index is 2.69. The molecule has 0 atom stereocenters. The molecule has 4 heteroatoms. The monoisotopic (exact) mass is 279 g/mol. The summed E-state index contributed by atoms with van der Waals surface area (Å²) >= 11 is 0. The number of benzene rings is 1. The van der Waals surface area contributed by atoms with Gasteiger partial charge in [0.25, 0.3) is 0 Å². The van der Waals surface area contributed by atoms with E-state index in [9.17, 15) is 9.90 Å². The van der Waals surface area contributed by atoms with Gasteiger partial charge in [-0.25, -0.2) is 0 Å². The lowest BCUT2D eigenvalue weighted by Gasteiger charge is -2.23. The molecule has 1 amide bonds. The van der Waals surface area contributed by atoms with E-state index in [-0.39, 0.29) is 17.6 Å². The lowest BCUT2D eigenvalue weighted by molar-refractivity contribution is -0.128. The first kappa shape index (κ1) is 16.3.